The maximum atomic E-state index is 11.4. The van der Waals surface area contributed by atoms with Gasteiger partial charge in [0.05, 0.1) is 17.3 Å². The van der Waals surface area contributed by atoms with E-state index < -0.39 is 23.8 Å². The van der Waals surface area contributed by atoms with Crippen LogP contribution in [0, 0.1) is 5.92 Å². The summed E-state index contributed by atoms with van der Waals surface area (Å²) < 4.78 is 0. The first-order valence-corrected chi connectivity index (χ1v) is 5.51. The SMILES string of the molecule is CC1=NN=C(C(=O)O)C(c2ccccn2)C1C(=O)O. The summed E-state index contributed by atoms with van der Waals surface area (Å²) in [6.45, 7) is 1.51. The van der Waals surface area contributed by atoms with Crippen molar-refractivity contribution in [3.63, 3.8) is 0 Å². The van der Waals surface area contributed by atoms with E-state index in [1.165, 1.54) is 13.1 Å². The number of aromatic nitrogens is 1. The number of hydrogen-bond donors (Lipinski definition) is 2. The summed E-state index contributed by atoms with van der Waals surface area (Å²) in [6, 6.07) is 4.92. The van der Waals surface area contributed by atoms with Crippen LogP contribution in [0.1, 0.15) is 18.5 Å². The molecular weight excluding hydrogens is 250 g/mol. The van der Waals surface area contributed by atoms with Gasteiger partial charge in [0.25, 0.3) is 0 Å². The molecule has 1 aliphatic heterocycles. The Balaban J connectivity index is 2.56. The van der Waals surface area contributed by atoms with Crippen LogP contribution >= 0.6 is 0 Å². The van der Waals surface area contributed by atoms with Gasteiger partial charge in [-0.1, -0.05) is 6.07 Å². The fourth-order valence-corrected chi connectivity index (χ4v) is 2.02. The van der Waals surface area contributed by atoms with Crippen molar-refractivity contribution >= 4 is 23.4 Å². The zero-order valence-corrected chi connectivity index (χ0v) is 10.0. The zero-order chi connectivity index (χ0) is 14.0. The van der Waals surface area contributed by atoms with Gasteiger partial charge in [0.1, 0.15) is 5.92 Å². The summed E-state index contributed by atoms with van der Waals surface area (Å²) in [6.07, 6.45) is 1.48. The van der Waals surface area contributed by atoms with Gasteiger partial charge in [0.15, 0.2) is 5.71 Å². The molecule has 7 heteroatoms. The van der Waals surface area contributed by atoms with Gasteiger partial charge in [0.2, 0.25) is 0 Å². The molecule has 1 aromatic rings. The Kier molecular flexibility index (Phi) is 3.37. The number of carbonyl (C=O) groups is 2. The third-order valence-electron chi connectivity index (χ3n) is 2.89. The first kappa shape index (κ1) is 12.9. The molecule has 2 unspecified atom stereocenters. The second kappa shape index (κ2) is 4.97. The Labute approximate surface area is 108 Å². The fraction of sp³-hybridized carbons (Fsp3) is 0.250. The van der Waals surface area contributed by atoms with Crippen LogP contribution in [0.5, 0.6) is 0 Å². The van der Waals surface area contributed by atoms with E-state index in [1.54, 1.807) is 18.2 Å². The van der Waals surface area contributed by atoms with Crippen molar-refractivity contribution in [2.24, 2.45) is 16.1 Å². The summed E-state index contributed by atoms with van der Waals surface area (Å²) in [5.74, 6) is -4.45. The molecule has 0 amide bonds. The summed E-state index contributed by atoms with van der Waals surface area (Å²) in [5.41, 5.74) is 0.301. The quantitative estimate of drug-likeness (QED) is 0.834. The number of pyridine rings is 1. The summed E-state index contributed by atoms with van der Waals surface area (Å²) in [5, 5.41) is 25.6. The van der Waals surface area contributed by atoms with Crippen molar-refractivity contribution in [2.75, 3.05) is 0 Å². The van der Waals surface area contributed by atoms with Crippen LogP contribution in [-0.2, 0) is 9.59 Å². The molecule has 1 aromatic heterocycles. The van der Waals surface area contributed by atoms with E-state index in [4.69, 9.17) is 5.11 Å². The second-order valence-corrected chi connectivity index (χ2v) is 4.08. The molecule has 98 valence electrons. The van der Waals surface area contributed by atoms with Gasteiger partial charge in [-0.2, -0.15) is 5.10 Å². The number of hydrogen-bond acceptors (Lipinski definition) is 5. The first-order valence-electron chi connectivity index (χ1n) is 5.51. The van der Waals surface area contributed by atoms with Crippen LogP contribution in [0.4, 0.5) is 0 Å². The topological polar surface area (TPSA) is 112 Å². The van der Waals surface area contributed by atoms with Crippen LogP contribution < -0.4 is 0 Å². The Hall–Kier alpha value is -2.57. The van der Waals surface area contributed by atoms with Gasteiger partial charge in [-0.05, 0) is 19.1 Å². The molecule has 1 aliphatic rings. The minimum Gasteiger partial charge on any atom is -0.481 e. The fourth-order valence-electron chi connectivity index (χ4n) is 2.02. The predicted octanol–water partition coefficient (Wildman–Crippen LogP) is 0.781. The predicted molar refractivity (Wildman–Crippen MR) is 66.3 cm³/mol. The highest BCUT2D eigenvalue weighted by Gasteiger charge is 2.41. The minimum atomic E-state index is -1.29. The standard InChI is InChI=1S/C12H11N3O4/c1-6-8(11(16)17)9(7-4-2-3-5-13-7)10(12(18)19)15-14-6/h2-5,8-9H,1H3,(H,16,17)(H,18,19). The lowest BCUT2D eigenvalue weighted by molar-refractivity contribution is -0.139. The average molecular weight is 261 g/mol. The molecule has 0 saturated heterocycles. The highest BCUT2D eigenvalue weighted by Crippen LogP contribution is 2.30. The Bertz CT molecular complexity index is 580. The van der Waals surface area contributed by atoms with Crippen molar-refractivity contribution in [3.8, 4) is 0 Å². The maximum absolute atomic E-state index is 11.4. The Morgan fingerprint density at radius 1 is 1.21 bits per heavy atom. The molecule has 2 atom stereocenters. The zero-order valence-electron chi connectivity index (χ0n) is 10.0. The lowest BCUT2D eigenvalue weighted by Gasteiger charge is -2.25. The molecule has 0 spiro atoms. The summed E-state index contributed by atoms with van der Waals surface area (Å²) >= 11 is 0. The molecule has 0 radical (unpaired) electrons. The van der Waals surface area contributed by atoms with Gasteiger partial charge in [-0.3, -0.25) is 9.78 Å². The molecule has 0 aliphatic carbocycles. The lowest BCUT2D eigenvalue weighted by Crippen LogP contribution is -2.39. The number of rotatable bonds is 3. The summed E-state index contributed by atoms with van der Waals surface area (Å²) in [7, 11) is 0. The van der Waals surface area contributed by atoms with Crippen LogP contribution in [-0.4, -0.2) is 38.6 Å². The molecule has 7 nitrogen and oxygen atoms in total. The van der Waals surface area contributed by atoms with E-state index in [0.29, 0.717) is 5.69 Å². The van der Waals surface area contributed by atoms with Gasteiger partial charge >= 0.3 is 11.9 Å². The minimum absolute atomic E-state index is 0.258. The van der Waals surface area contributed by atoms with Gasteiger partial charge in [-0.25, -0.2) is 4.79 Å². The smallest absolute Gasteiger partial charge is 0.352 e. The van der Waals surface area contributed by atoms with Crippen molar-refractivity contribution in [1.82, 2.24) is 4.98 Å². The molecule has 0 aromatic carbocycles. The molecule has 2 N–H and O–H groups in total. The van der Waals surface area contributed by atoms with Gasteiger partial charge in [-0.15, -0.1) is 5.10 Å². The monoisotopic (exact) mass is 261 g/mol. The van der Waals surface area contributed by atoms with Crippen LogP contribution in [0.3, 0.4) is 0 Å². The molecule has 19 heavy (non-hydrogen) atoms. The molecule has 2 rings (SSSR count). The van der Waals surface area contributed by atoms with Crippen molar-refractivity contribution in [3.05, 3.63) is 30.1 Å². The highest BCUT2D eigenvalue weighted by molar-refractivity contribution is 6.39. The second-order valence-electron chi connectivity index (χ2n) is 4.08. The number of carboxylic acid groups (broad SMARTS) is 2. The average Bonchev–Trinajstić information content (AvgIpc) is 2.38. The van der Waals surface area contributed by atoms with E-state index in [9.17, 15) is 14.7 Å². The maximum Gasteiger partial charge on any atom is 0.352 e. The molecule has 0 fully saturated rings. The van der Waals surface area contributed by atoms with E-state index in [0.717, 1.165) is 0 Å². The summed E-state index contributed by atoms with van der Waals surface area (Å²) in [4.78, 5) is 26.6. The Morgan fingerprint density at radius 3 is 2.47 bits per heavy atom. The van der Waals surface area contributed by atoms with E-state index in [1.807, 2.05) is 0 Å². The van der Waals surface area contributed by atoms with Gasteiger partial charge in [0, 0.05) is 6.20 Å². The van der Waals surface area contributed by atoms with Crippen molar-refractivity contribution in [2.45, 2.75) is 12.8 Å². The largest absolute Gasteiger partial charge is 0.481 e. The normalized spacial score (nSPS) is 22.4. The third kappa shape index (κ3) is 2.35. The number of nitrogens with zero attached hydrogens (tertiary/aromatic N) is 3. The Morgan fingerprint density at radius 2 is 1.95 bits per heavy atom. The van der Waals surface area contributed by atoms with Crippen molar-refractivity contribution < 1.29 is 19.8 Å². The van der Waals surface area contributed by atoms with Crippen LogP contribution in [0.2, 0.25) is 0 Å². The van der Waals surface area contributed by atoms with Crippen LogP contribution in [0.25, 0.3) is 0 Å². The lowest BCUT2D eigenvalue weighted by atomic mass is 9.81. The van der Waals surface area contributed by atoms with E-state index in [2.05, 4.69) is 15.2 Å². The first-order chi connectivity index (χ1) is 9.02. The van der Waals surface area contributed by atoms with Crippen LogP contribution in [0.15, 0.2) is 34.6 Å². The molecule has 0 bridgehead atoms. The van der Waals surface area contributed by atoms with E-state index in [-0.39, 0.29) is 11.4 Å². The molecule has 2 heterocycles. The van der Waals surface area contributed by atoms with Crippen molar-refractivity contribution in [1.29, 1.82) is 0 Å². The molecule has 0 saturated carbocycles. The number of aliphatic carboxylic acids is 2. The van der Waals surface area contributed by atoms with Gasteiger partial charge < -0.3 is 10.2 Å². The van der Waals surface area contributed by atoms with E-state index >= 15 is 0 Å². The molecular formula is C12H11N3O4. The number of carboxylic acids is 2. The highest BCUT2D eigenvalue weighted by atomic mass is 16.4. The third-order valence-corrected chi connectivity index (χ3v) is 2.89.